The van der Waals surface area contributed by atoms with Crippen LogP contribution in [-0.2, 0) is 5.54 Å². The van der Waals surface area contributed by atoms with Crippen LogP contribution in [0.5, 0.6) is 0 Å². The lowest BCUT2D eigenvalue weighted by Crippen LogP contribution is -2.23. The number of fused-ring (bicyclic) bond motifs is 1. The molecule has 0 spiro atoms. The third kappa shape index (κ3) is 2.87. The maximum absolute atomic E-state index is 9.35. The van der Waals surface area contributed by atoms with Gasteiger partial charge in [0.15, 0.2) is 5.65 Å². The number of aliphatic hydroxyl groups is 1. The van der Waals surface area contributed by atoms with Crippen LogP contribution in [0, 0.1) is 0 Å². The van der Waals surface area contributed by atoms with Crippen molar-refractivity contribution in [1.29, 1.82) is 0 Å². The minimum atomic E-state index is -0.443. The summed E-state index contributed by atoms with van der Waals surface area (Å²) in [6.45, 7) is 8.35. The van der Waals surface area contributed by atoms with Gasteiger partial charge in [-0.3, -0.25) is 0 Å². The van der Waals surface area contributed by atoms with E-state index in [0.717, 1.165) is 11.0 Å². The van der Waals surface area contributed by atoms with Crippen molar-refractivity contribution >= 4 is 32.8 Å². The molecular weight excluding hydrogens is 310 g/mol. The minimum absolute atomic E-state index is 0.167. The van der Waals surface area contributed by atoms with E-state index in [1.807, 2.05) is 4.68 Å². The van der Waals surface area contributed by atoms with Crippen LogP contribution >= 0.6 is 15.9 Å². The summed E-state index contributed by atoms with van der Waals surface area (Å²) < 4.78 is 2.56. The van der Waals surface area contributed by atoms with Gasteiger partial charge in [-0.05, 0) is 43.6 Å². The number of nitrogens with one attached hydrogen (secondary N) is 1. The van der Waals surface area contributed by atoms with Gasteiger partial charge in [-0.25, -0.2) is 14.6 Å². The summed E-state index contributed by atoms with van der Waals surface area (Å²) in [6, 6.07) is 0. The van der Waals surface area contributed by atoms with Crippen molar-refractivity contribution < 1.29 is 5.11 Å². The van der Waals surface area contributed by atoms with Crippen molar-refractivity contribution in [3.8, 4) is 0 Å². The number of hydrogen-bond acceptors (Lipinski definition) is 5. The first-order valence-corrected chi connectivity index (χ1v) is 6.91. The fourth-order valence-electron chi connectivity index (χ4n) is 1.76. The highest BCUT2D eigenvalue weighted by molar-refractivity contribution is 9.10. The first-order chi connectivity index (χ1) is 8.80. The molecule has 2 N–H and O–H groups in total. The Labute approximate surface area is 120 Å². The largest absolute Gasteiger partial charge is 0.392 e. The molecule has 19 heavy (non-hydrogen) atoms. The molecule has 2 rings (SSSR count). The zero-order valence-corrected chi connectivity index (χ0v) is 13.1. The minimum Gasteiger partial charge on any atom is -0.392 e. The molecule has 0 bridgehead atoms. The average Bonchev–Trinajstić information content (AvgIpc) is 2.65. The molecule has 2 heterocycles. The van der Waals surface area contributed by atoms with Crippen LogP contribution in [0.25, 0.3) is 11.0 Å². The van der Waals surface area contributed by atoms with Gasteiger partial charge in [0.05, 0.1) is 17.0 Å². The summed E-state index contributed by atoms with van der Waals surface area (Å²) in [5, 5.41) is 17.8. The number of aromatic nitrogens is 4. The van der Waals surface area contributed by atoms with Gasteiger partial charge >= 0.3 is 0 Å². The Bertz CT molecular complexity index is 588. The number of hydrogen-bond donors (Lipinski definition) is 2. The van der Waals surface area contributed by atoms with E-state index >= 15 is 0 Å². The molecule has 0 amide bonds. The molecule has 7 heteroatoms. The normalized spacial score (nSPS) is 13.8. The zero-order chi connectivity index (χ0) is 14.2. The third-order valence-corrected chi connectivity index (χ3v) is 3.18. The summed E-state index contributed by atoms with van der Waals surface area (Å²) in [5.41, 5.74) is 0.600. The molecule has 0 aromatic carbocycles. The molecule has 6 nitrogen and oxygen atoms in total. The van der Waals surface area contributed by atoms with Crippen LogP contribution in [0.4, 0.5) is 5.82 Å². The molecule has 0 radical (unpaired) electrons. The molecular formula is C12H18BrN5O. The highest BCUT2D eigenvalue weighted by atomic mass is 79.9. The first-order valence-electron chi connectivity index (χ1n) is 6.12. The van der Waals surface area contributed by atoms with Crippen molar-refractivity contribution in [2.75, 3.05) is 11.9 Å². The van der Waals surface area contributed by atoms with Gasteiger partial charge in [0, 0.05) is 6.54 Å². The summed E-state index contributed by atoms with van der Waals surface area (Å²) >= 11 is 3.45. The van der Waals surface area contributed by atoms with Gasteiger partial charge in [-0.2, -0.15) is 5.10 Å². The monoisotopic (exact) mass is 327 g/mol. The van der Waals surface area contributed by atoms with Gasteiger partial charge in [0.25, 0.3) is 0 Å². The highest BCUT2D eigenvalue weighted by Gasteiger charge is 2.22. The van der Waals surface area contributed by atoms with Crippen LogP contribution < -0.4 is 5.32 Å². The average molecular weight is 328 g/mol. The maximum Gasteiger partial charge on any atom is 0.165 e. The summed E-state index contributed by atoms with van der Waals surface area (Å²) in [5.74, 6) is 0.674. The van der Waals surface area contributed by atoms with E-state index in [4.69, 9.17) is 0 Å². The quantitative estimate of drug-likeness (QED) is 0.903. The number of halogens is 1. The third-order valence-electron chi connectivity index (χ3n) is 2.62. The highest BCUT2D eigenvalue weighted by Crippen LogP contribution is 2.30. The number of anilines is 1. The van der Waals surface area contributed by atoms with Crippen LogP contribution in [-0.4, -0.2) is 37.5 Å². The SMILES string of the molecule is CC(O)CNc1ncnc2c1c(Br)nn2C(C)(C)C. The number of aliphatic hydroxyl groups excluding tert-OH is 1. The molecule has 0 fully saturated rings. The summed E-state index contributed by atoms with van der Waals surface area (Å²) in [6.07, 6.45) is 1.06. The fraction of sp³-hybridized carbons (Fsp3) is 0.583. The van der Waals surface area contributed by atoms with Crippen molar-refractivity contribution in [3.05, 3.63) is 10.9 Å². The molecule has 0 saturated heterocycles. The molecule has 0 aliphatic rings. The van der Waals surface area contributed by atoms with Gasteiger partial charge in [-0.15, -0.1) is 0 Å². The molecule has 1 unspecified atom stereocenters. The van der Waals surface area contributed by atoms with Gasteiger partial charge in [0.2, 0.25) is 0 Å². The number of nitrogens with zero attached hydrogens (tertiary/aromatic N) is 4. The van der Waals surface area contributed by atoms with Gasteiger partial charge < -0.3 is 10.4 Å². The lowest BCUT2D eigenvalue weighted by molar-refractivity contribution is 0.208. The second kappa shape index (κ2) is 5.05. The molecule has 1 atom stereocenters. The zero-order valence-electron chi connectivity index (χ0n) is 11.5. The predicted molar refractivity (Wildman–Crippen MR) is 78.2 cm³/mol. The lowest BCUT2D eigenvalue weighted by Gasteiger charge is -2.19. The van der Waals surface area contributed by atoms with Crippen LogP contribution in [0.2, 0.25) is 0 Å². The second-order valence-electron chi connectivity index (χ2n) is 5.52. The topological polar surface area (TPSA) is 75.9 Å². The Morgan fingerprint density at radius 1 is 1.42 bits per heavy atom. The van der Waals surface area contributed by atoms with Crippen molar-refractivity contribution in [2.45, 2.75) is 39.3 Å². The van der Waals surface area contributed by atoms with Gasteiger partial charge in [-0.1, -0.05) is 0 Å². The molecule has 0 aliphatic carbocycles. The van der Waals surface area contributed by atoms with Crippen molar-refractivity contribution in [3.63, 3.8) is 0 Å². The Balaban J connectivity index is 2.54. The maximum atomic E-state index is 9.35. The number of rotatable bonds is 3. The predicted octanol–water partition coefficient (Wildman–Crippen LogP) is 2.14. The van der Waals surface area contributed by atoms with E-state index < -0.39 is 6.10 Å². The Kier molecular flexibility index (Phi) is 3.78. The van der Waals surface area contributed by atoms with E-state index in [2.05, 4.69) is 57.1 Å². The van der Waals surface area contributed by atoms with Gasteiger partial charge in [0.1, 0.15) is 16.7 Å². The van der Waals surface area contributed by atoms with E-state index in [9.17, 15) is 5.11 Å². The molecule has 2 aromatic rings. The lowest BCUT2D eigenvalue weighted by atomic mass is 10.1. The van der Waals surface area contributed by atoms with Crippen LogP contribution in [0.1, 0.15) is 27.7 Å². The first kappa shape index (κ1) is 14.2. The van der Waals surface area contributed by atoms with Crippen LogP contribution in [0.3, 0.4) is 0 Å². The molecule has 104 valence electrons. The molecule has 0 aliphatic heterocycles. The van der Waals surface area contributed by atoms with Crippen LogP contribution in [0.15, 0.2) is 10.9 Å². The van der Waals surface area contributed by atoms with E-state index in [-0.39, 0.29) is 5.54 Å². The van der Waals surface area contributed by atoms with Crippen molar-refractivity contribution in [1.82, 2.24) is 19.7 Å². The molecule has 0 saturated carbocycles. The van der Waals surface area contributed by atoms with Crippen molar-refractivity contribution in [2.24, 2.45) is 0 Å². The smallest absolute Gasteiger partial charge is 0.165 e. The van der Waals surface area contributed by atoms with E-state index in [1.165, 1.54) is 6.33 Å². The Morgan fingerprint density at radius 2 is 2.11 bits per heavy atom. The second-order valence-corrected chi connectivity index (χ2v) is 6.28. The van der Waals surface area contributed by atoms with E-state index in [0.29, 0.717) is 17.0 Å². The van der Waals surface area contributed by atoms with E-state index in [1.54, 1.807) is 6.92 Å². The molecule has 2 aromatic heterocycles. The summed E-state index contributed by atoms with van der Waals surface area (Å²) in [7, 11) is 0. The fourth-order valence-corrected chi connectivity index (χ4v) is 2.28. The standard InChI is InChI=1S/C12H18BrN5O/c1-7(19)5-14-10-8-9(13)17-18(12(2,3)4)11(8)16-6-15-10/h6-7,19H,5H2,1-4H3,(H,14,15,16). The summed E-state index contributed by atoms with van der Waals surface area (Å²) in [4.78, 5) is 8.53. The Morgan fingerprint density at radius 3 is 2.68 bits per heavy atom. The Hall–Kier alpha value is -1.21.